The van der Waals surface area contributed by atoms with Crippen molar-refractivity contribution in [3.63, 3.8) is 0 Å². The van der Waals surface area contributed by atoms with Gasteiger partial charge >= 0.3 is 0 Å². The zero-order valence-corrected chi connectivity index (χ0v) is 39.0. The number of hydrogen-bond acceptors (Lipinski definition) is 9. The summed E-state index contributed by atoms with van der Waals surface area (Å²) in [5.74, 6) is 0.187. The van der Waals surface area contributed by atoms with E-state index in [4.69, 9.17) is 32.5 Å². The Labute approximate surface area is 411 Å². The normalized spacial score (nSPS) is 11.4. The number of ketones is 2. The average molecular weight is 939 g/mol. The maximum Gasteiger partial charge on any atom is 0.228 e. The van der Waals surface area contributed by atoms with Crippen LogP contribution in [0.5, 0.6) is 0 Å². The van der Waals surface area contributed by atoms with E-state index in [0.717, 1.165) is 66.4 Å². The van der Waals surface area contributed by atoms with Gasteiger partial charge < -0.3 is 32.5 Å². The third-order valence-electron chi connectivity index (χ3n) is 12.2. The predicted molar refractivity (Wildman–Crippen MR) is 276 cm³/mol. The highest BCUT2D eigenvalue weighted by Gasteiger charge is 2.23. The van der Waals surface area contributed by atoms with E-state index in [1.807, 2.05) is 194 Å². The molecule has 0 saturated heterocycles. The van der Waals surface area contributed by atoms with Gasteiger partial charge in [-0.25, -0.2) is 0 Å². The molecule has 0 saturated carbocycles. The number of benzene rings is 8. The van der Waals surface area contributed by atoms with Crippen molar-refractivity contribution >= 4 is 33.5 Å². The second-order valence-electron chi connectivity index (χ2n) is 16.9. The van der Waals surface area contributed by atoms with Crippen molar-refractivity contribution in [1.29, 1.82) is 0 Å². The van der Waals surface area contributed by atoms with Crippen molar-refractivity contribution in [3.8, 4) is 44.5 Å². The SMILES string of the molecule is O=C(c1cc(-c2ccccc2)c(COCCOCOCOCCOCc2c(-c3ccccc3)cc(C(=O)c3cc4ccccc4o3)cc2-c2ccccc2)c(-c2ccccc2)c1)c1cc2ccccc2o1. The van der Waals surface area contributed by atoms with Crippen molar-refractivity contribution in [2.45, 2.75) is 13.2 Å². The largest absolute Gasteiger partial charge is 0.453 e. The van der Waals surface area contributed by atoms with Crippen LogP contribution in [0.3, 0.4) is 0 Å². The van der Waals surface area contributed by atoms with Gasteiger partial charge in [-0.15, -0.1) is 0 Å². The first-order valence-electron chi connectivity index (χ1n) is 23.6. The molecule has 0 aliphatic heterocycles. The fourth-order valence-electron chi connectivity index (χ4n) is 8.74. The first-order valence-corrected chi connectivity index (χ1v) is 23.6. The minimum atomic E-state index is -0.194. The first kappa shape index (κ1) is 46.7. The van der Waals surface area contributed by atoms with Crippen LogP contribution < -0.4 is 0 Å². The van der Waals surface area contributed by atoms with E-state index in [1.165, 1.54) is 0 Å². The molecule has 9 heteroatoms. The molecule has 0 radical (unpaired) electrons. The van der Waals surface area contributed by atoms with Gasteiger partial charge in [0.25, 0.3) is 0 Å². The third kappa shape index (κ3) is 11.1. The lowest BCUT2D eigenvalue weighted by atomic mass is 9.88. The molecular formula is C62H50O9. The maximum absolute atomic E-state index is 14.0. The summed E-state index contributed by atoms with van der Waals surface area (Å²) >= 11 is 0. The number of carbonyl (C=O) groups is 2. The Bertz CT molecular complexity index is 2960. The molecule has 10 aromatic rings. The van der Waals surface area contributed by atoms with Crippen LogP contribution in [0.15, 0.2) is 215 Å². The second-order valence-corrected chi connectivity index (χ2v) is 16.9. The van der Waals surface area contributed by atoms with Crippen molar-refractivity contribution < 1.29 is 42.1 Å². The molecule has 9 nitrogen and oxygen atoms in total. The van der Waals surface area contributed by atoms with E-state index in [1.54, 1.807) is 12.1 Å². The Kier molecular flexibility index (Phi) is 14.9. The van der Waals surface area contributed by atoms with E-state index < -0.39 is 0 Å². The summed E-state index contributed by atoms with van der Waals surface area (Å²) in [5, 5.41) is 1.75. The Balaban J connectivity index is 0.736. The summed E-state index contributed by atoms with van der Waals surface area (Å²) in [7, 11) is 0. The second kappa shape index (κ2) is 22.6. The van der Waals surface area contributed by atoms with Gasteiger partial charge in [0.2, 0.25) is 11.6 Å². The summed E-state index contributed by atoms with van der Waals surface area (Å²) < 4.78 is 41.6. The van der Waals surface area contributed by atoms with Crippen LogP contribution in [-0.4, -0.2) is 51.6 Å². The summed E-state index contributed by atoms with van der Waals surface area (Å²) in [5.41, 5.74) is 11.7. The number of carbonyl (C=O) groups excluding carboxylic acids is 2. The Morgan fingerprint density at radius 2 is 0.648 bits per heavy atom. The van der Waals surface area contributed by atoms with Gasteiger partial charge in [0.05, 0.1) is 39.6 Å². The van der Waals surface area contributed by atoms with Crippen molar-refractivity contribution in [2.75, 3.05) is 40.0 Å². The lowest BCUT2D eigenvalue weighted by Gasteiger charge is -2.18. The van der Waals surface area contributed by atoms with Crippen LogP contribution in [0.2, 0.25) is 0 Å². The molecule has 0 unspecified atom stereocenters. The van der Waals surface area contributed by atoms with Crippen LogP contribution in [0.1, 0.15) is 43.4 Å². The molecule has 0 N–H and O–H groups in total. The highest BCUT2D eigenvalue weighted by atomic mass is 16.7. The lowest BCUT2D eigenvalue weighted by Crippen LogP contribution is -2.12. The van der Waals surface area contributed by atoms with Gasteiger partial charge in [0.15, 0.2) is 11.5 Å². The number of rotatable bonds is 22. The summed E-state index contributed by atoms with van der Waals surface area (Å²) in [6, 6.07) is 66.6. The average Bonchev–Trinajstić information content (AvgIpc) is 4.08. The molecule has 71 heavy (non-hydrogen) atoms. The van der Waals surface area contributed by atoms with Crippen LogP contribution in [0.4, 0.5) is 0 Å². The molecule has 2 aromatic heterocycles. The van der Waals surface area contributed by atoms with Crippen LogP contribution >= 0.6 is 0 Å². The number of para-hydroxylation sites is 2. The highest BCUT2D eigenvalue weighted by Crippen LogP contribution is 2.38. The van der Waals surface area contributed by atoms with Gasteiger partial charge in [0, 0.05) is 21.9 Å². The van der Waals surface area contributed by atoms with E-state index in [2.05, 4.69) is 0 Å². The molecule has 2 heterocycles. The zero-order valence-electron chi connectivity index (χ0n) is 39.0. The van der Waals surface area contributed by atoms with E-state index in [0.29, 0.717) is 48.7 Å². The molecule has 0 atom stereocenters. The lowest BCUT2D eigenvalue weighted by molar-refractivity contribution is -0.141. The minimum Gasteiger partial charge on any atom is -0.453 e. The minimum absolute atomic E-state index is 0.0211. The molecule has 10 rings (SSSR count). The predicted octanol–water partition coefficient (Wildman–Crippen LogP) is 14.0. The fourth-order valence-corrected chi connectivity index (χ4v) is 8.74. The molecular weight excluding hydrogens is 889 g/mol. The Hall–Kier alpha value is -8.02. The Morgan fingerprint density at radius 3 is 0.986 bits per heavy atom. The molecule has 0 aliphatic carbocycles. The third-order valence-corrected chi connectivity index (χ3v) is 12.2. The topological polar surface area (TPSA) is 107 Å². The van der Waals surface area contributed by atoms with Gasteiger partial charge in [-0.1, -0.05) is 158 Å². The Morgan fingerprint density at radius 1 is 0.338 bits per heavy atom. The molecule has 0 bridgehead atoms. The van der Waals surface area contributed by atoms with E-state index in [-0.39, 0.29) is 49.9 Å². The van der Waals surface area contributed by atoms with Gasteiger partial charge in [-0.05, 0) is 104 Å². The molecule has 0 amide bonds. The molecule has 0 aliphatic rings. The highest BCUT2D eigenvalue weighted by molar-refractivity contribution is 6.11. The van der Waals surface area contributed by atoms with E-state index in [9.17, 15) is 9.59 Å². The maximum atomic E-state index is 14.0. The van der Waals surface area contributed by atoms with Gasteiger partial charge in [-0.3, -0.25) is 9.59 Å². The monoisotopic (exact) mass is 938 g/mol. The van der Waals surface area contributed by atoms with Crippen LogP contribution in [0, 0.1) is 0 Å². The molecule has 0 fully saturated rings. The summed E-state index contributed by atoms with van der Waals surface area (Å²) in [6.07, 6.45) is 0. The summed E-state index contributed by atoms with van der Waals surface area (Å²) in [6.45, 7) is 1.82. The number of furan rings is 2. The zero-order chi connectivity index (χ0) is 48.2. The van der Waals surface area contributed by atoms with Crippen molar-refractivity contribution in [3.05, 3.63) is 240 Å². The van der Waals surface area contributed by atoms with Crippen LogP contribution in [-0.2, 0) is 36.9 Å². The molecule has 8 aromatic carbocycles. The first-order chi connectivity index (χ1) is 35.1. The van der Waals surface area contributed by atoms with Crippen LogP contribution in [0.25, 0.3) is 66.4 Å². The molecule has 0 spiro atoms. The quantitative estimate of drug-likeness (QED) is 0.0373. The molecule has 352 valence electrons. The summed E-state index contributed by atoms with van der Waals surface area (Å²) in [4.78, 5) is 28.1. The van der Waals surface area contributed by atoms with E-state index >= 15 is 0 Å². The van der Waals surface area contributed by atoms with Crippen molar-refractivity contribution in [2.24, 2.45) is 0 Å². The standard InChI is InChI=1S/C62H50O9/c63-61(59-37-47-25-13-15-27-57(47)70-59)49-33-51(43-17-5-1-6-18-43)55(52(34-49)44-19-7-2-8-20-44)39-65-29-31-67-41-69-42-68-32-30-66-40-56-53(45-21-9-3-10-22-45)35-50(36-54(56)46-23-11-4-12-24-46)62(64)60-38-48-26-14-16-28-58(48)71-60/h1-28,33-38H,29-32,39-42H2. The number of fused-ring (bicyclic) bond motifs is 2. The van der Waals surface area contributed by atoms with Gasteiger partial charge in [0.1, 0.15) is 24.8 Å². The smallest absolute Gasteiger partial charge is 0.228 e. The number of hydrogen-bond donors (Lipinski definition) is 0. The fraction of sp³-hybridized carbons (Fsp3) is 0.129. The number of ether oxygens (including phenoxy) is 5. The van der Waals surface area contributed by atoms with Gasteiger partial charge in [-0.2, -0.15) is 0 Å². The van der Waals surface area contributed by atoms with Crippen molar-refractivity contribution in [1.82, 2.24) is 0 Å².